The predicted molar refractivity (Wildman–Crippen MR) is 68.0 cm³/mol. The maximum Gasteiger partial charge on any atom is 0.0591 e. The van der Waals surface area contributed by atoms with E-state index < -0.39 is 0 Å². The Morgan fingerprint density at radius 2 is 2.24 bits per heavy atom. The van der Waals surface area contributed by atoms with Gasteiger partial charge in [-0.2, -0.15) is 0 Å². The van der Waals surface area contributed by atoms with Crippen LogP contribution in [0.3, 0.4) is 0 Å². The maximum absolute atomic E-state index is 5.46. The fraction of sp³-hybridized carbons (Fsp3) is 0.615. The topological polar surface area (TPSA) is 43.4 Å². The molecule has 0 radical (unpaired) electrons. The first-order chi connectivity index (χ1) is 8.34. The van der Waals surface area contributed by atoms with Crippen LogP contribution in [0.25, 0.3) is 0 Å². The zero-order valence-electron chi connectivity index (χ0n) is 10.7. The number of pyridine rings is 1. The van der Waals surface area contributed by atoms with E-state index in [1.54, 1.807) is 13.3 Å². The summed E-state index contributed by atoms with van der Waals surface area (Å²) < 4.78 is 10.4. The number of rotatable bonds is 9. The fourth-order valence-corrected chi connectivity index (χ4v) is 1.50. The van der Waals surface area contributed by atoms with E-state index in [0.29, 0.717) is 6.04 Å². The molecule has 0 unspecified atom stereocenters. The Balaban J connectivity index is 2.03. The zero-order valence-corrected chi connectivity index (χ0v) is 10.7. The molecule has 1 aromatic rings. The molecule has 0 bridgehead atoms. The largest absolute Gasteiger partial charge is 0.385 e. The van der Waals surface area contributed by atoms with Crippen molar-refractivity contribution >= 4 is 0 Å². The summed E-state index contributed by atoms with van der Waals surface area (Å²) in [6.45, 7) is 5.23. The molecular formula is C13H22N2O2. The molecule has 1 heterocycles. The number of hydrogen-bond acceptors (Lipinski definition) is 4. The molecule has 0 aliphatic carbocycles. The Bertz CT molecular complexity index is 280. The highest BCUT2D eigenvalue weighted by atomic mass is 16.5. The Kier molecular flexibility index (Phi) is 7.54. The molecular weight excluding hydrogens is 216 g/mol. The molecule has 0 aromatic carbocycles. The highest BCUT2D eigenvalue weighted by Gasteiger charge is 2.02. The Morgan fingerprint density at radius 1 is 1.35 bits per heavy atom. The summed E-state index contributed by atoms with van der Waals surface area (Å²) in [5.74, 6) is 0. The monoisotopic (exact) mass is 238 g/mol. The van der Waals surface area contributed by atoms with Crippen LogP contribution in [0.2, 0.25) is 0 Å². The molecule has 0 saturated heterocycles. The van der Waals surface area contributed by atoms with Gasteiger partial charge in [-0.25, -0.2) is 0 Å². The van der Waals surface area contributed by atoms with E-state index >= 15 is 0 Å². The van der Waals surface area contributed by atoms with Crippen molar-refractivity contribution in [3.8, 4) is 0 Å². The van der Waals surface area contributed by atoms with Crippen LogP contribution >= 0.6 is 0 Å². The molecule has 0 aliphatic heterocycles. The molecule has 0 aliphatic rings. The molecule has 1 N–H and O–H groups in total. The van der Waals surface area contributed by atoms with Crippen LogP contribution in [0, 0.1) is 0 Å². The van der Waals surface area contributed by atoms with E-state index in [1.807, 2.05) is 12.3 Å². The summed E-state index contributed by atoms with van der Waals surface area (Å²) in [5, 5.41) is 3.39. The second-order valence-electron chi connectivity index (χ2n) is 3.92. The Hall–Kier alpha value is -0.970. The van der Waals surface area contributed by atoms with Gasteiger partial charge in [-0.15, -0.1) is 0 Å². The average Bonchev–Trinajstić information content (AvgIpc) is 2.38. The standard InChI is InChI=1S/C13H22N2O2/c1-12(13-5-3-6-14-11-13)15-7-10-17-9-4-8-16-2/h3,5-6,11-12,15H,4,7-10H2,1-2H3/t12-/m1/s1. The van der Waals surface area contributed by atoms with Crippen LogP contribution in [0.1, 0.15) is 24.9 Å². The minimum absolute atomic E-state index is 0.311. The SMILES string of the molecule is COCCCOCCN[C@H](C)c1cccnc1. The van der Waals surface area contributed by atoms with Gasteiger partial charge in [0.1, 0.15) is 0 Å². The lowest BCUT2D eigenvalue weighted by Gasteiger charge is -2.13. The second-order valence-corrected chi connectivity index (χ2v) is 3.92. The van der Waals surface area contributed by atoms with Crippen molar-refractivity contribution in [3.63, 3.8) is 0 Å². The molecule has 0 fully saturated rings. The lowest BCUT2D eigenvalue weighted by molar-refractivity contribution is 0.103. The van der Waals surface area contributed by atoms with Crippen molar-refractivity contribution in [2.45, 2.75) is 19.4 Å². The first kappa shape index (κ1) is 14.1. The number of nitrogens with one attached hydrogen (secondary N) is 1. The molecule has 17 heavy (non-hydrogen) atoms. The normalized spacial score (nSPS) is 12.6. The molecule has 0 amide bonds. The Morgan fingerprint density at radius 3 is 2.94 bits per heavy atom. The quantitative estimate of drug-likeness (QED) is 0.666. The Labute approximate surface area is 103 Å². The lowest BCUT2D eigenvalue weighted by atomic mass is 10.1. The van der Waals surface area contributed by atoms with E-state index in [4.69, 9.17) is 9.47 Å². The molecule has 0 spiro atoms. The maximum atomic E-state index is 5.46. The van der Waals surface area contributed by atoms with Crippen LogP contribution < -0.4 is 5.32 Å². The third-order valence-corrected chi connectivity index (χ3v) is 2.52. The van der Waals surface area contributed by atoms with Crippen molar-refractivity contribution in [2.24, 2.45) is 0 Å². The third kappa shape index (κ3) is 6.36. The molecule has 4 nitrogen and oxygen atoms in total. The van der Waals surface area contributed by atoms with Gasteiger partial charge >= 0.3 is 0 Å². The van der Waals surface area contributed by atoms with Gasteiger partial charge in [-0.1, -0.05) is 6.07 Å². The number of methoxy groups -OCH3 is 1. The zero-order chi connectivity index (χ0) is 12.3. The first-order valence-electron chi connectivity index (χ1n) is 6.04. The summed E-state index contributed by atoms with van der Waals surface area (Å²) >= 11 is 0. The second kappa shape index (κ2) is 9.10. The number of hydrogen-bond donors (Lipinski definition) is 1. The smallest absolute Gasteiger partial charge is 0.0591 e. The number of ether oxygens (including phenoxy) is 2. The van der Waals surface area contributed by atoms with Gasteiger partial charge < -0.3 is 14.8 Å². The van der Waals surface area contributed by atoms with Crippen molar-refractivity contribution in [3.05, 3.63) is 30.1 Å². The summed E-state index contributed by atoms with van der Waals surface area (Å²) in [6, 6.07) is 4.34. The summed E-state index contributed by atoms with van der Waals surface area (Å²) in [5.41, 5.74) is 1.20. The van der Waals surface area contributed by atoms with Gasteiger partial charge in [0.15, 0.2) is 0 Å². The van der Waals surface area contributed by atoms with Gasteiger partial charge in [0, 0.05) is 45.3 Å². The molecule has 1 aromatic heterocycles. The minimum Gasteiger partial charge on any atom is -0.385 e. The van der Waals surface area contributed by atoms with Crippen molar-refractivity contribution in [1.29, 1.82) is 0 Å². The van der Waals surface area contributed by atoms with Gasteiger partial charge in [0.05, 0.1) is 6.61 Å². The lowest BCUT2D eigenvalue weighted by Crippen LogP contribution is -2.23. The van der Waals surface area contributed by atoms with Crippen LogP contribution in [0.5, 0.6) is 0 Å². The van der Waals surface area contributed by atoms with Crippen LogP contribution in [0.4, 0.5) is 0 Å². The first-order valence-corrected chi connectivity index (χ1v) is 6.04. The molecule has 96 valence electrons. The van der Waals surface area contributed by atoms with Crippen molar-refractivity contribution in [1.82, 2.24) is 10.3 Å². The van der Waals surface area contributed by atoms with Gasteiger partial charge in [-0.3, -0.25) is 4.98 Å². The average molecular weight is 238 g/mol. The third-order valence-electron chi connectivity index (χ3n) is 2.52. The summed E-state index contributed by atoms with van der Waals surface area (Å²) in [7, 11) is 1.71. The number of nitrogens with zero attached hydrogens (tertiary/aromatic N) is 1. The molecule has 1 atom stereocenters. The van der Waals surface area contributed by atoms with Crippen molar-refractivity contribution in [2.75, 3.05) is 33.5 Å². The summed E-state index contributed by atoms with van der Waals surface area (Å²) in [6.07, 6.45) is 4.63. The van der Waals surface area contributed by atoms with Crippen molar-refractivity contribution < 1.29 is 9.47 Å². The fourth-order valence-electron chi connectivity index (χ4n) is 1.50. The van der Waals surface area contributed by atoms with E-state index in [1.165, 1.54) is 5.56 Å². The molecule has 4 heteroatoms. The van der Waals surface area contributed by atoms with Gasteiger partial charge in [0.25, 0.3) is 0 Å². The highest BCUT2D eigenvalue weighted by Crippen LogP contribution is 2.08. The van der Waals surface area contributed by atoms with E-state index in [2.05, 4.69) is 23.3 Å². The summed E-state index contributed by atoms with van der Waals surface area (Å²) in [4.78, 5) is 4.10. The number of aromatic nitrogens is 1. The predicted octanol–water partition coefficient (Wildman–Crippen LogP) is 1.79. The van der Waals surface area contributed by atoms with E-state index in [9.17, 15) is 0 Å². The van der Waals surface area contributed by atoms with Gasteiger partial charge in [-0.05, 0) is 25.0 Å². The highest BCUT2D eigenvalue weighted by molar-refractivity contribution is 5.12. The van der Waals surface area contributed by atoms with E-state index in [0.717, 1.165) is 32.8 Å². The molecule has 0 saturated carbocycles. The minimum atomic E-state index is 0.311. The van der Waals surface area contributed by atoms with Gasteiger partial charge in [0.2, 0.25) is 0 Å². The van der Waals surface area contributed by atoms with Crippen LogP contribution in [-0.2, 0) is 9.47 Å². The van der Waals surface area contributed by atoms with E-state index in [-0.39, 0.29) is 0 Å². The van der Waals surface area contributed by atoms with Crippen LogP contribution in [0.15, 0.2) is 24.5 Å². The molecule has 1 rings (SSSR count). The van der Waals surface area contributed by atoms with Crippen LogP contribution in [-0.4, -0.2) is 38.5 Å².